The van der Waals surface area contributed by atoms with Gasteiger partial charge in [-0.05, 0) is 57.1 Å². The molecular formula is C19H30N2O. The van der Waals surface area contributed by atoms with E-state index in [0.29, 0.717) is 11.8 Å². The van der Waals surface area contributed by atoms with E-state index >= 15 is 0 Å². The van der Waals surface area contributed by atoms with Crippen LogP contribution < -0.4 is 5.32 Å². The number of anilines is 1. The Balaban J connectivity index is 2.09. The third-order valence-electron chi connectivity index (χ3n) is 4.75. The van der Waals surface area contributed by atoms with Gasteiger partial charge in [0.2, 0.25) is 5.91 Å². The van der Waals surface area contributed by atoms with E-state index in [0.717, 1.165) is 29.9 Å². The van der Waals surface area contributed by atoms with Crippen molar-refractivity contribution in [2.45, 2.75) is 54.0 Å². The van der Waals surface area contributed by atoms with Crippen LogP contribution >= 0.6 is 0 Å². The summed E-state index contributed by atoms with van der Waals surface area (Å²) in [7, 11) is 0. The summed E-state index contributed by atoms with van der Waals surface area (Å²) in [6, 6.07) is 4.17. The predicted octanol–water partition coefficient (Wildman–Crippen LogP) is 3.92. The quantitative estimate of drug-likeness (QED) is 0.918. The molecule has 122 valence electrons. The van der Waals surface area contributed by atoms with Crippen molar-refractivity contribution in [1.29, 1.82) is 0 Å². The van der Waals surface area contributed by atoms with E-state index in [4.69, 9.17) is 0 Å². The minimum atomic E-state index is -0.0784. The fraction of sp³-hybridized carbons (Fsp3) is 0.632. The van der Waals surface area contributed by atoms with Gasteiger partial charge in [-0.2, -0.15) is 0 Å². The minimum Gasteiger partial charge on any atom is -0.324 e. The molecule has 3 atom stereocenters. The molecular weight excluding hydrogens is 272 g/mol. The first kappa shape index (κ1) is 17.0. The van der Waals surface area contributed by atoms with Crippen LogP contribution in [0.2, 0.25) is 0 Å². The third kappa shape index (κ3) is 3.89. The smallest absolute Gasteiger partial charge is 0.241 e. The van der Waals surface area contributed by atoms with E-state index in [9.17, 15) is 4.79 Å². The number of hydrogen-bond donors (Lipinski definition) is 1. The van der Waals surface area contributed by atoms with Crippen molar-refractivity contribution in [3.05, 3.63) is 28.8 Å². The molecule has 0 radical (unpaired) electrons. The van der Waals surface area contributed by atoms with Gasteiger partial charge in [0, 0.05) is 18.8 Å². The van der Waals surface area contributed by atoms with Gasteiger partial charge in [-0.3, -0.25) is 9.69 Å². The molecule has 22 heavy (non-hydrogen) atoms. The number of benzene rings is 1. The Kier molecular flexibility index (Phi) is 5.28. The average Bonchev–Trinajstić information content (AvgIpc) is 2.40. The fourth-order valence-electron chi connectivity index (χ4n) is 3.80. The molecule has 1 aliphatic rings. The molecule has 3 heteroatoms. The molecule has 1 N–H and O–H groups in total. The Morgan fingerprint density at radius 2 is 1.64 bits per heavy atom. The number of nitrogens with one attached hydrogen (secondary N) is 1. The van der Waals surface area contributed by atoms with Gasteiger partial charge in [0.05, 0.1) is 6.04 Å². The average molecular weight is 302 g/mol. The standard InChI is InChI=1S/C19H30N2O/c1-12-8-15(4)18(16(5)9-12)20-19(22)17(6)21-10-13(2)7-14(3)11-21/h8-9,13-14,17H,7,10-11H2,1-6H3,(H,20,22)/t13-,14+,17-/m1/s1. The number of carbonyl (C=O) groups excluding carboxylic acids is 1. The van der Waals surface area contributed by atoms with E-state index in [1.807, 2.05) is 6.92 Å². The second-order valence-corrected chi connectivity index (χ2v) is 7.34. The molecule has 3 nitrogen and oxygen atoms in total. The molecule has 1 aliphatic heterocycles. The Hall–Kier alpha value is -1.35. The van der Waals surface area contributed by atoms with Gasteiger partial charge in [0.15, 0.2) is 0 Å². The lowest BCUT2D eigenvalue weighted by Gasteiger charge is -2.38. The summed E-state index contributed by atoms with van der Waals surface area (Å²) in [6.07, 6.45) is 1.26. The number of likely N-dealkylation sites (tertiary alicyclic amines) is 1. The highest BCUT2D eigenvalue weighted by molar-refractivity contribution is 5.96. The number of hydrogen-bond acceptors (Lipinski definition) is 2. The topological polar surface area (TPSA) is 32.3 Å². The molecule has 0 saturated carbocycles. The van der Waals surface area contributed by atoms with Crippen molar-refractivity contribution < 1.29 is 4.79 Å². The summed E-state index contributed by atoms with van der Waals surface area (Å²) >= 11 is 0. The lowest BCUT2D eigenvalue weighted by Crippen LogP contribution is -2.48. The predicted molar refractivity (Wildman–Crippen MR) is 93.3 cm³/mol. The molecule has 0 spiro atoms. The van der Waals surface area contributed by atoms with Crippen LogP contribution in [0.15, 0.2) is 12.1 Å². The second-order valence-electron chi connectivity index (χ2n) is 7.34. The molecule has 1 amide bonds. The molecule has 1 aromatic carbocycles. The highest BCUT2D eigenvalue weighted by Crippen LogP contribution is 2.25. The van der Waals surface area contributed by atoms with Crippen molar-refractivity contribution in [2.75, 3.05) is 18.4 Å². The summed E-state index contributed by atoms with van der Waals surface area (Å²) in [5.41, 5.74) is 4.48. The van der Waals surface area contributed by atoms with Crippen LogP contribution in [0.4, 0.5) is 5.69 Å². The Labute approximate surface area is 135 Å². The van der Waals surface area contributed by atoms with Crippen LogP contribution in [0.1, 0.15) is 43.9 Å². The number of rotatable bonds is 3. The second kappa shape index (κ2) is 6.82. The molecule has 2 rings (SSSR count). The summed E-state index contributed by atoms with van der Waals surface area (Å²) in [6.45, 7) is 14.8. The Morgan fingerprint density at radius 3 is 2.14 bits per heavy atom. The maximum absolute atomic E-state index is 12.7. The van der Waals surface area contributed by atoms with E-state index in [-0.39, 0.29) is 11.9 Å². The SMILES string of the molecule is Cc1cc(C)c(NC(=O)[C@@H](C)N2C[C@H](C)C[C@H](C)C2)c(C)c1. The maximum Gasteiger partial charge on any atom is 0.241 e. The number of aryl methyl sites for hydroxylation is 3. The van der Waals surface area contributed by atoms with Crippen molar-refractivity contribution >= 4 is 11.6 Å². The summed E-state index contributed by atoms with van der Waals surface area (Å²) in [5, 5.41) is 3.15. The third-order valence-corrected chi connectivity index (χ3v) is 4.75. The van der Waals surface area contributed by atoms with Gasteiger partial charge in [0.25, 0.3) is 0 Å². The van der Waals surface area contributed by atoms with E-state index in [1.54, 1.807) is 0 Å². The molecule has 1 heterocycles. The zero-order chi connectivity index (χ0) is 16.4. The van der Waals surface area contributed by atoms with Crippen LogP contribution in [0.5, 0.6) is 0 Å². The van der Waals surface area contributed by atoms with Crippen LogP contribution in [0.25, 0.3) is 0 Å². The highest BCUT2D eigenvalue weighted by atomic mass is 16.2. The van der Waals surface area contributed by atoms with E-state index in [1.165, 1.54) is 12.0 Å². The zero-order valence-electron chi connectivity index (χ0n) is 14.9. The van der Waals surface area contributed by atoms with E-state index < -0.39 is 0 Å². The Morgan fingerprint density at radius 1 is 1.14 bits per heavy atom. The van der Waals surface area contributed by atoms with Gasteiger partial charge in [-0.15, -0.1) is 0 Å². The van der Waals surface area contributed by atoms with Gasteiger partial charge in [-0.1, -0.05) is 31.5 Å². The molecule has 0 unspecified atom stereocenters. The van der Waals surface area contributed by atoms with Gasteiger partial charge >= 0.3 is 0 Å². The van der Waals surface area contributed by atoms with Crippen molar-refractivity contribution in [2.24, 2.45) is 11.8 Å². The van der Waals surface area contributed by atoms with Gasteiger partial charge in [0.1, 0.15) is 0 Å². The van der Waals surface area contributed by atoms with Crippen molar-refractivity contribution in [3.8, 4) is 0 Å². The first-order valence-electron chi connectivity index (χ1n) is 8.40. The number of carbonyl (C=O) groups is 1. The van der Waals surface area contributed by atoms with Gasteiger partial charge < -0.3 is 5.32 Å². The fourth-order valence-corrected chi connectivity index (χ4v) is 3.80. The highest BCUT2D eigenvalue weighted by Gasteiger charge is 2.29. The minimum absolute atomic E-state index is 0.0784. The lowest BCUT2D eigenvalue weighted by atomic mass is 9.91. The molecule has 1 fully saturated rings. The summed E-state index contributed by atoms with van der Waals surface area (Å²) in [4.78, 5) is 15.0. The van der Waals surface area contributed by atoms with Gasteiger partial charge in [-0.25, -0.2) is 0 Å². The van der Waals surface area contributed by atoms with Crippen LogP contribution in [-0.2, 0) is 4.79 Å². The largest absolute Gasteiger partial charge is 0.324 e. The van der Waals surface area contributed by atoms with Crippen LogP contribution in [0.3, 0.4) is 0 Å². The zero-order valence-corrected chi connectivity index (χ0v) is 14.9. The van der Waals surface area contributed by atoms with E-state index in [2.05, 4.69) is 57.0 Å². The number of amides is 1. The maximum atomic E-state index is 12.7. The molecule has 0 aliphatic carbocycles. The molecule has 1 saturated heterocycles. The number of nitrogens with zero attached hydrogens (tertiary/aromatic N) is 1. The first-order valence-corrected chi connectivity index (χ1v) is 8.40. The first-order chi connectivity index (χ1) is 10.3. The summed E-state index contributed by atoms with van der Waals surface area (Å²) in [5.74, 6) is 1.44. The van der Waals surface area contributed by atoms with Crippen molar-refractivity contribution in [1.82, 2.24) is 4.90 Å². The number of piperidine rings is 1. The van der Waals surface area contributed by atoms with Crippen LogP contribution in [-0.4, -0.2) is 29.9 Å². The normalized spacial score (nSPS) is 24.1. The molecule has 0 bridgehead atoms. The van der Waals surface area contributed by atoms with Crippen molar-refractivity contribution in [3.63, 3.8) is 0 Å². The molecule has 1 aromatic rings. The monoisotopic (exact) mass is 302 g/mol. The Bertz CT molecular complexity index is 519. The lowest BCUT2D eigenvalue weighted by molar-refractivity contribution is -0.121. The van der Waals surface area contributed by atoms with Crippen LogP contribution in [0, 0.1) is 32.6 Å². The summed E-state index contributed by atoms with van der Waals surface area (Å²) < 4.78 is 0. The molecule has 0 aromatic heterocycles.